The molecule has 4 aliphatic carbocycles. The van der Waals surface area contributed by atoms with Crippen molar-refractivity contribution in [1.82, 2.24) is 4.90 Å². The Hall–Kier alpha value is -2.48. The summed E-state index contributed by atoms with van der Waals surface area (Å²) in [6.07, 6.45) is 30.3. The second kappa shape index (κ2) is 7.40. The molecule has 6 atom stereocenters. The Labute approximate surface area is 175 Å². The average Bonchev–Trinajstić information content (AvgIpc) is 2.78. The van der Waals surface area contributed by atoms with E-state index in [9.17, 15) is 0 Å². The Balaban J connectivity index is 1.51. The average molecular weight is 386 g/mol. The molecule has 5 aliphatic rings. The van der Waals surface area contributed by atoms with Crippen molar-refractivity contribution in [2.75, 3.05) is 14.2 Å². The van der Waals surface area contributed by atoms with Crippen molar-refractivity contribution < 1.29 is 4.74 Å². The van der Waals surface area contributed by atoms with Crippen LogP contribution in [0.25, 0.3) is 0 Å². The molecule has 0 aromatic heterocycles. The van der Waals surface area contributed by atoms with Gasteiger partial charge in [0.05, 0.1) is 18.9 Å². The van der Waals surface area contributed by atoms with Crippen LogP contribution in [-0.4, -0.2) is 25.1 Å². The number of likely N-dealkylation sites (N-methyl/N-ethyl adjacent to an activating group) is 1. The molecule has 0 aromatic carbocycles. The van der Waals surface area contributed by atoms with Gasteiger partial charge in [-0.3, -0.25) is 0 Å². The first kappa shape index (κ1) is 18.5. The maximum atomic E-state index is 5.56. The molecule has 0 spiro atoms. The van der Waals surface area contributed by atoms with E-state index in [0.29, 0.717) is 35.6 Å². The normalized spacial score (nSPS) is 37.0. The largest absolute Gasteiger partial charge is 0.501 e. The van der Waals surface area contributed by atoms with E-state index in [1.54, 1.807) is 12.7 Å². The maximum Gasteiger partial charge on any atom is 0.0961 e. The zero-order chi connectivity index (χ0) is 20.0. The molecule has 0 radical (unpaired) electrons. The predicted molar refractivity (Wildman–Crippen MR) is 120 cm³/mol. The van der Waals surface area contributed by atoms with E-state index >= 15 is 0 Å². The molecule has 6 unspecified atom stereocenters. The van der Waals surface area contributed by atoms with E-state index in [1.165, 1.54) is 11.1 Å². The molecule has 29 heavy (non-hydrogen) atoms. The molecule has 0 saturated heterocycles. The quantitative estimate of drug-likeness (QED) is 0.615. The van der Waals surface area contributed by atoms with E-state index in [2.05, 4.69) is 91.9 Å². The number of fused-ring (bicyclic) bond motifs is 4. The molecule has 0 amide bonds. The predicted octanol–water partition coefficient (Wildman–Crippen LogP) is 5.73. The van der Waals surface area contributed by atoms with Gasteiger partial charge in [-0.05, 0) is 41.3 Å². The van der Waals surface area contributed by atoms with Crippen LogP contribution in [0.15, 0.2) is 95.5 Å². The fourth-order valence-electron chi connectivity index (χ4n) is 5.88. The third-order valence-corrected chi connectivity index (χ3v) is 7.45. The summed E-state index contributed by atoms with van der Waals surface area (Å²) >= 11 is 0. The van der Waals surface area contributed by atoms with Crippen molar-refractivity contribution in [3.05, 3.63) is 95.5 Å². The molecule has 1 aliphatic heterocycles. The van der Waals surface area contributed by atoms with Gasteiger partial charge in [-0.25, -0.2) is 0 Å². The highest BCUT2D eigenvalue weighted by atomic mass is 16.5. The van der Waals surface area contributed by atoms with Gasteiger partial charge in [0, 0.05) is 37.1 Å². The first-order chi connectivity index (χ1) is 14.2. The minimum absolute atomic E-state index is 0.405. The third-order valence-electron chi connectivity index (χ3n) is 7.45. The van der Waals surface area contributed by atoms with Crippen molar-refractivity contribution >= 4 is 0 Å². The van der Waals surface area contributed by atoms with E-state index in [1.807, 2.05) is 0 Å². The van der Waals surface area contributed by atoms with Crippen LogP contribution in [0.5, 0.6) is 0 Å². The molecule has 1 heterocycles. The smallest absolute Gasteiger partial charge is 0.0961 e. The number of hydrogen-bond donors (Lipinski definition) is 0. The second-order valence-electron chi connectivity index (χ2n) is 8.87. The Morgan fingerprint density at radius 3 is 2.59 bits per heavy atom. The van der Waals surface area contributed by atoms with Crippen LogP contribution in [0.4, 0.5) is 0 Å². The fraction of sp³-hybridized carbons (Fsp3) is 0.407. The molecule has 0 fully saturated rings. The molecule has 0 saturated carbocycles. The lowest BCUT2D eigenvalue weighted by molar-refractivity contribution is 0.218. The molecule has 0 bridgehead atoms. The number of allylic oxidation sites excluding steroid dienone is 13. The summed E-state index contributed by atoms with van der Waals surface area (Å²) in [5.74, 6) is 3.59. The lowest BCUT2D eigenvalue weighted by Crippen LogP contribution is -2.45. The van der Waals surface area contributed by atoms with Gasteiger partial charge in [-0.15, -0.1) is 0 Å². The van der Waals surface area contributed by atoms with Gasteiger partial charge >= 0.3 is 0 Å². The fourth-order valence-corrected chi connectivity index (χ4v) is 5.88. The summed E-state index contributed by atoms with van der Waals surface area (Å²) in [4.78, 5) is 2.43. The second-order valence-corrected chi connectivity index (χ2v) is 8.87. The van der Waals surface area contributed by atoms with Crippen molar-refractivity contribution in [2.24, 2.45) is 29.6 Å². The Kier molecular flexibility index (Phi) is 4.73. The third kappa shape index (κ3) is 3.01. The summed E-state index contributed by atoms with van der Waals surface area (Å²) in [5, 5.41) is 0. The molecule has 5 rings (SSSR count). The highest BCUT2D eigenvalue weighted by Gasteiger charge is 2.41. The van der Waals surface area contributed by atoms with E-state index < -0.39 is 0 Å². The molecule has 150 valence electrons. The van der Waals surface area contributed by atoms with Crippen molar-refractivity contribution in [3.8, 4) is 0 Å². The lowest BCUT2D eigenvalue weighted by atomic mass is 9.64. The van der Waals surface area contributed by atoms with Gasteiger partial charge < -0.3 is 9.64 Å². The lowest BCUT2D eigenvalue weighted by Gasteiger charge is -2.47. The zero-order valence-corrected chi connectivity index (χ0v) is 17.7. The molecule has 2 heteroatoms. The van der Waals surface area contributed by atoms with Gasteiger partial charge in [0.15, 0.2) is 0 Å². The SMILES string of the molecule is CCC1CC(OC)=CC=C1C1C2C=CC3=C(C=CC4C=CC=CC34)C2C=CN1C. The van der Waals surface area contributed by atoms with Crippen molar-refractivity contribution in [1.29, 1.82) is 0 Å². The topological polar surface area (TPSA) is 12.5 Å². The van der Waals surface area contributed by atoms with Crippen molar-refractivity contribution in [3.63, 3.8) is 0 Å². The standard InChI is InChI=1S/C27H31NO/c1-4-18-17-20(29-3)10-12-22(18)27-26-14-13-23-21-8-6-5-7-19(21)9-11-24(23)25(26)15-16-28(27)2/h5-16,18-19,21,25-27H,4,17H2,1-3H3. The summed E-state index contributed by atoms with van der Waals surface area (Å²) in [5.41, 5.74) is 4.59. The van der Waals surface area contributed by atoms with Crippen LogP contribution in [0.1, 0.15) is 19.8 Å². The molecular weight excluding hydrogens is 354 g/mol. The number of rotatable bonds is 3. The zero-order valence-electron chi connectivity index (χ0n) is 17.7. The molecule has 0 N–H and O–H groups in total. The summed E-state index contributed by atoms with van der Waals surface area (Å²) < 4.78 is 5.56. The van der Waals surface area contributed by atoms with Crippen LogP contribution in [-0.2, 0) is 4.74 Å². The first-order valence-corrected chi connectivity index (χ1v) is 11.0. The van der Waals surface area contributed by atoms with E-state index in [0.717, 1.165) is 18.6 Å². The van der Waals surface area contributed by atoms with Crippen LogP contribution in [0.3, 0.4) is 0 Å². The van der Waals surface area contributed by atoms with Crippen molar-refractivity contribution in [2.45, 2.75) is 25.8 Å². The Morgan fingerprint density at radius 1 is 0.966 bits per heavy atom. The summed E-state index contributed by atoms with van der Waals surface area (Å²) in [6, 6.07) is 0.405. The summed E-state index contributed by atoms with van der Waals surface area (Å²) in [6.45, 7) is 2.30. The van der Waals surface area contributed by atoms with E-state index in [4.69, 9.17) is 4.74 Å². The maximum absolute atomic E-state index is 5.56. The van der Waals surface area contributed by atoms with Gasteiger partial charge in [-0.1, -0.05) is 67.7 Å². The van der Waals surface area contributed by atoms with Gasteiger partial charge in [0.25, 0.3) is 0 Å². The summed E-state index contributed by atoms with van der Waals surface area (Å²) in [7, 11) is 4.03. The van der Waals surface area contributed by atoms with Crippen LogP contribution in [0.2, 0.25) is 0 Å². The number of ether oxygens (including phenoxy) is 1. The first-order valence-electron chi connectivity index (χ1n) is 11.0. The van der Waals surface area contributed by atoms with Crippen LogP contribution in [0, 0.1) is 29.6 Å². The Morgan fingerprint density at radius 2 is 1.76 bits per heavy atom. The highest BCUT2D eigenvalue weighted by molar-refractivity contribution is 5.51. The minimum Gasteiger partial charge on any atom is -0.501 e. The number of methoxy groups -OCH3 is 1. The van der Waals surface area contributed by atoms with Gasteiger partial charge in [-0.2, -0.15) is 0 Å². The monoisotopic (exact) mass is 385 g/mol. The molecule has 2 nitrogen and oxygen atoms in total. The van der Waals surface area contributed by atoms with E-state index in [-0.39, 0.29) is 0 Å². The van der Waals surface area contributed by atoms with Crippen LogP contribution >= 0.6 is 0 Å². The molecular formula is C27H31NO. The molecule has 0 aromatic rings. The van der Waals surface area contributed by atoms with Crippen LogP contribution < -0.4 is 0 Å². The minimum atomic E-state index is 0.405. The Bertz CT molecular complexity index is 922. The van der Waals surface area contributed by atoms with Gasteiger partial charge in [0.1, 0.15) is 0 Å². The highest BCUT2D eigenvalue weighted by Crippen LogP contribution is 2.48. The number of nitrogens with zero attached hydrogens (tertiary/aromatic N) is 1. The number of hydrogen-bond acceptors (Lipinski definition) is 2. The van der Waals surface area contributed by atoms with Gasteiger partial charge in [0.2, 0.25) is 0 Å².